The van der Waals surface area contributed by atoms with Crippen molar-refractivity contribution in [3.63, 3.8) is 0 Å². The highest BCUT2D eigenvalue weighted by molar-refractivity contribution is 9.10. The molecule has 1 atom stereocenters. The Bertz CT molecular complexity index is 349. The van der Waals surface area contributed by atoms with Crippen molar-refractivity contribution in [2.45, 2.75) is 19.1 Å². The summed E-state index contributed by atoms with van der Waals surface area (Å²) in [6.45, 7) is 1.41. The number of rotatable bonds is 7. The third kappa shape index (κ3) is 5.59. The van der Waals surface area contributed by atoms with Gasteiger partial charge in [0.05, 0.1) is 12.7 Å². The zero-order valence-electron chi connectivity index (χ0n) is 9.75. The van der Waals surface area contributed by atoms with Crippen LogP contribution < -0.4 is 5.32 Å². The van der Waals surface area contributed by atoms with Crippen LogP contribution in [0.2, 0.25) is 0 Å². The number of aliphatic hydroxyl groups is 1. The molecule has 1 aromatic carbocycles. The van der Waals surface area contributed by atoms with Crippen LogP contribution >= 0.6 is 15.9 Å². The molecule has 0 fully saturated rings. The van der Waals surface area contributed by atoms with Gasteiger partial charge in [0.2, 0.25) is 0 Å². The van der Waals surface area contributed by atoms with Crippen LogP contribution in [0.5, 0.6) is 0 Å². The summed E-state index contributed by atoms with van der Waals surface area (Å²) < 4.78 is 19.0. The van der Waals surface area contributed by atoms with Gasteiger partial charge in [0, 0.05) is 23.7 Å². The summed E-state index contributed by atoms with van der Waals surface area (Å²) in [7, 11) is 1.55. The van der Waals surface area contributed by atoms with Gasteiger partial charge in [-0.15, -0.1) is 0 Å². The number of benzene rings is 1. The van der Waals surface area contributed by atoms with Crippen LogP contribution in [0.4, 0.5) is 4.39 Å². The molecule has 0 spiro atoms. The lowest BCUT2D eigenvalue weighted by Gasteiger charge is -2.10. The number of hydrogen-bond donors (Lipinski definition) is 2. The van der Waals surface area contributed by atoms with Crippen LogP contribution in [0.1, 0.15) is 12.0 Å². The van der Waals surface area contributed by atoms with Crippen molar-refractivity contribution >= 4 is 15.9 Å². The standard InChI is InChI=1S/C12H17BrFNO2/c1-17-8-11(16)4-5-15-7-9-2-3-10(13)6-12(9)14/h2-3,6,11,15-16H,4-5,7-8H2,1H3. The molecule has 0 saturated heterocycles. The molecule has 2 N–H and O–H groups in total. The Morgan fingerprint density at radius 3 is 2.94 bits per heavy atom. The molecule has 0 heterocycles. The number of hydrogen-bond acceptors (Lipinski definition) is 3. The molecular weight excluding hydrogens is 289 g/mol. The second-order valence-corrected chi connectivity index (χ2v) is 4.73. The van der Waals surface area contributed by atoms with E-state index in [2.05, 4.69) is 21.2 Å². The van der Waals surface area contributed by atoms with E-state index in [4.69, 9.17) is 4.74 Å². The Balaban J connectivity index is 2.26. The summed E-state index contributed by atoms with van der Waals surface area (Å²) in [6.07, 6.45) is 0.119. The Morgan fingerprint density at radius 2 is 2.29 bits per heavy atom. The molecule has 1 unspecified atom stereocenters. The van der Waals surface area contributed by atoms with Crippen LogP contribution in [0, 0.1) is 5.82 Å². The maximum absolute atomic E-state index is 13.4. The van der Waals surface area contributed by atoms with Gasteiger partial charge in [-0.25, -0.2) is 4.39 Å². The molecule has 0 amide bonds. The average Bonchev–Trinajstić information content (AvgIpc) is 2.27. The van der Waals surface area contributed by atoms with Gasteiger partial charge in [-0.05, 0) is 25.1 Å². The van der Waals surface area contributed by atoms with Crippen LogP contribution in [0.15, 0.2) is 22.7 Å². The number of aliphatic hydroxyl groups excluding tert-OH is 1. The van der Waals surface area contributed by atoms with Crippen molar-refractivity contribution in [2.75, 3.05) is 20.3 Å². The van der Waals surface area contributed by atoms with Gasteiger partial charge in [0.15, 0.2) is 0 Å². The van der Waals surface area contributed by atoms with Gasteiger partial charge >= 0.3 is 0 Å². The van der Waals surface area contributed by atoms with E-state index >= 15 is 0 Å². The first-order valence-electron chi connectivity index (χ1n) is 5.45. The molecular formula is C12H17BrFNO2. The summed E-state index contributed by atoms with van der Waals surface area (Å²) >= 11 is 3.21. The van der Waals surface area contributed by atoms with Crippen molar-refractivity contribution in [2.24, 2.45) is 0 Å². The minimum atomic E-state index is -0.470. The number of halogens is 2. The van der Waals surface area contributed by atoms with Gasteiger partial charge in [0.1, 0.15) is 5.82 Å². The molecule has 0 radical (unpaired) electrons. The zero-order valence-corrected chi connectivity index (χ0v) is 11.3. The van der Waals surface area contributed by atoms with Crippen LogP contribution in [0.3, 0.4) is 0 Å². The maximum atomic E-state index is 13.4. The van der Waals surface area contributed by atoms with Gasteiger partial charge < -0.3 is 15.2 Å². The van der Waals surface area contributed by atoms with E-state index in [1.54, 1.807) is 19.2 Å². The molecule has 1 rings (SSSR count). The Hall–Kier alpha value is -0.490. The van der Waals surface area contributed by atoms with E-state index in [1.165, 1.54) is 6.07 Å². The Kier molecular flexibility index (Phi) is 6.65. The van der Waals surface area contributed by atoms with Gasteiger partial charge in [-0.2, -0.15) is 0 Å². The van der Waals surface area contributed by atoms with E-state index < -0.39 is 6.10 Å². The average molecular weight is 306 g/mol. The van der Waals surface area contributed by atoms with Gasteiger partial charge in [0.25, 0.3) is 0 Å². The topological polar surface area (TPSA) is 41.5 Å². The summed E-state index contributed by atoms with van der Waals surface area (Å²) in [6, 6.07) is 4.98. The van der Waals surface area contributed by atoms with E-state index in [9.17, 15) is 9.50 Å². The molecule has 0 aromatic heterocycles. The minimum Gasteiger partial charge on any atom is -0.391 e. The van der Waals surface area contributed by atoms with E-state index in [0.717, 1.165) is 4.47 Å². The summed E-state index contributed by atoms with van der Waals surface area (Å²) in [5.41, 5.74) is 0.620. The normalized spacial score (nSPS) is 12.7. The van der Waals surface area contributed by atoms with E-state index in [0.29, 0.717) is 31.7 Å². The van der Waals surface area contributed by atoms with Crippen molar-refractivity contribution in [3.05, 3.63) is 34.1 Å². The van der Waals surface area contributed by atoms with Crippen molar-refractivity contribution in [1.82, 2.24) is 5.32 Å². The zero-order chi connectivity index (χ0) is 12.7. The SMILES string of the molecule is COCC(O)CCNCc1ccc(Br)cc1F. The Morgan fingerprint density at radius 1 is 1.53 bits per heavy atom. The van der Waals surface area contributed by atoms with Crippen LogP contribution in [-0.4, -0.2) is 31.5 Å². The molecule has 1 aromatic rings. The number of methoxy groups -OCH3 is 1. The molecule has 0 saturated carbocycles. The highest BCUT2D eigenvalue weighted by Crippen LogP contribution is 2.14. The second-order valence-electron chi connectivity index (χ2n) is 3.81. The lowest BCUT2D eigenvalue weighted by atomic mass is 10.2. The molecule has 0 aliphatic carbocycles. The molecule has 17 heavy (non-hydrogen) atoms. The van der Waals surface area contributed by atoms with Crippen LogP contribution in [0.25, 0.3) is 0 Å². The Labute approximate surface area is 109 Å². The molecule has 3 nitrogen and oxygen atoms in total. The minimum absolute atomic E-state index is 0.232. The first-order valence-corrected chi connectivity index (χ1v) is 6.24. The largest absolute Gasteiger partial charge is 0.391 e. The molecule has 5 heteroatoms. The van der Waals surface area contributed by atoms with Crippen molar-refractivity contribution in [3.8, 4) is 0 Å². The van der Waals surface area contributed by atoms with Crippen molar-refractivity contribution in [1.29, 1.82) is 0 Å². The first kappa shape index (κ1) is 14.6. The smallest absolute Gasteiger partial charge is 0.128 e. The highest BCUT2D eigenvalue weighted by Gasteiger charge is 2.04. The number of nitrogens with one attached hydrogen (secondary N) is 1. The summed E-state index contributed by atoms with van der Waals surface area (Å²) in [5, 5.41) is 12.5. The number of ether oxygens (including phenoxy) is 1. The molecule has 0 aliphatic rings. The predicted octanol–water partition coefficient (Wildman–Crippen LogP) is 2.08. The third-order valence-corrected chi connectivity index (χ3v) is 2.84. The monoisotopic (exact) mass is 305 g/mol. The fraction of sp³-hybridized carbons (Fsp3) is 0.500. The van der Waals surface area contributed by atoms with Gasteiger partial charge in [-0.3, -0.25) is 0 Å². The molecule has 0 bridgehead atoms. The summed E-state index contributed by atoms with van der Waals surface area (Å²) in [4.78, 5) is 0. The van der Waals surface area contributed by atoms with Gasteiger partial charge in [-0.1, -0.05) is 22.0 Å². The second kappa shape index (κ2) is 7.76. The lowest BCUT2D eigenvalue weighted by molar-refractivity contribution is 0.0594. The maximum Gasteiger partial charge on any atom is 0.128 e. The first-order chi connectivity index (χ1) is 8.13. The van der Waals surface area contributed by atoms with E-state index in [1.807, 2.05) is 0 Å². The molecule has 0 aliphatic heterocycles. The quantitative estimate of drug-likeness (QED) is 0.758. The predicted molar refractivity (Wildman–Crippen MR) is 68.3 cm³/mol. The lowest BCUT2D eigenvalue weighted by Crippen LogP contribution is -2.23. The fourth-order valence-corrected chi connectivity index (χ4v) is 1.77. The highest BCUT2D eigenvalue weighted by atomic mass is 79.9. The van der Waals surface area contributed by atoms with Crippen LogP contribution in [-0.2, 0) is 11.3 Å². The van der Waals surface area contributed by atoms with Crippen molar-refractivity contribution < 1.29 is 14.2 Å². The van der Waals surface area contributed by atoms with E-state index in [-0.39, 0.29) is 5.82 Å². The molecule has 96 valence electrons. The summed E-state index contributed by atoms with van der Waals surface area (Å²) in [5.74, 6) is -0.232. The fourth-order valence-electron chi connectivity index (χ4n) is 1.43. The third-order valence-electron chi connectivity index (χ3n) is 2.34.